The van der Waals surface area contributed by atoms with Crippen molar-refractivity contribution >= 4 is 29.9 Å². The molecule has 202 valence electrons. The molecule has 0 aliphatic carbocycles. The molecule has 5 amide bonds. The molecule has 11 nitrogen and oxygen atoms in total. The number of unbranched alkanes of at least 4 members (excludes halogenated alkanes) is 1. The van der Waals surface area contributed by atoms with Crippen LogP contribution in [0.1, 0.15) is 66.3 Å². The van der Waals surface area contributed by atoms with E-state index >= 15 is 0 Å². The number of benzene rings is 2. The van der Waals surface area contributed by atoms with Crippen LogP contribution >= 0.6 is 0 Å². The topological polar surface area (TPSA) is 145 Å². The van der Waals surface area contributed by atoms with Gasteiger partial charge in [0.25, 0.3) is 11.8 Å². The summed E-state index contributed by atoms with van der Waals surface area (Å²) >= 11 is 0. The number of carboxylic acid groups (broad SMARTS) is 1. The van der Waals surface area contributed by atoms with Crippen LogP contribution in [0.15, 0.2) is 54.6 Å². The maximum Gasteiger partial charge on any atom is 0.407 e. The van der Waals surface area contributed by atoms with Gasteiger partial charge in [0.2, 0.25) is 0 Å². The molecule has 38 heavy (non-hydrogen) atoms. The van der Waals surface area contributed by atoms with Gasteiger partial charge in [0.05, 0.1) is 17.7 Å². The molecule has 1 atom stereocenters. The van der Waals surface area contributed by atoms with Gasteiger partial charge in [0.15, 0.2) is 0 Å². The smallest absolute Gasteiger partial charge is 0.407 e. The predicted octanol–water partition coefficient (Wildman–Crippen LogP) is 3.56. The van der Waals surface area contributed by atoms with Crippen LogP contribution in [0.2, 0.25) is 0 Å². The monoisotopic (exact) mass is 524 g/mol. The number of alkyl carbamates (subject to hydrolysis) is 1. The van der Waals surface area contributed by atoms with Crippen molar-refractivity contribution in [3.8, 4) is 0 Å². The van der Waals surface area contributed by atoms with Crippen molar-refractivity contribution in [2.24, 2.45) is 0 Å². The van der Waals surface area contributed by atoms with Crippen molar-refractivity contribution in [1.82, 2.24) is 20.7 Å². The van der Waals surface area contributed by atoms with E-state index in [2.05, 4.69) is 10.6 Å². The van der Waals surface area contributed by atoms with Crippen LogP contribution in [0.3, 0.4) is 0 Å². The Bertz CT molecular complexity index is 1160. The number of carboxylic acids is 1. The van der Waals surface area contributed by atoms with Crippen LogP contribution in [0.25, 0.3) is 0 Å². The number of aliphatic carboxylic acids is 1. The maximum atomic E-state index is 13.3. The van der Waals surface area contributed by atoms with Crippen molar-refractivity contribution in [3.05, 3.63) is 71.3 Å². The molecule has 0 saturated heterocycles. The van der Waals surface area contributed by atoms with Crippen molar-refractivity contribution in [2.45, 2.75) is 58.2 Å². The third-order valence-electron chi connectivity index (χ3n) is 5.61. The molecule has 3 N–H and O–H groups in total. The molecule has 0 fully saturated rings. The molecule has 0 saturated carbocycles. The van der Waals surface area contributed by atoms with E-state index in [-0.39, 0.29) is 30.6 Å². The van der Waals surface area contributed by atoms with Crippen LogP contribution < -0.4 is 10.6 Å². The summed E-state index contributed by atoms with van der Waals surface area (Å²) in [5.41, 5.74) is 0.332. The van der Waals surface area contributed by atoms with E-state index in [9.17, 15) is 29.1 Å². The number of imide groups is 1. The second kappa shape index (κ2) is 12.2. The van der Waals surface area contributed by atoms with Crippen LogP contribution in [0.4, 0.5) is 9.59 Å². The minimum atomic E-state index is -1.28. The molecule has 0 bridgehead atoms. The maximum absolute atomic E-state index is 13.3. The lowest BCUT2D eigenvalue weighted by Gasteiger charge is -2.31. The standard InChI is InChI=1S/C27H32N4O7/c1-27(2,3)38-26(37)28-16-10-9-15-21(24(34)35)29-25(36)30(17-18-11-5-4-6-12-18)31-22(32)19-13-7-8-14-20(19)23(31)33/h4-8,11-14,21H,9-10,15-17H2,1-3H3,(H,28,37)(H,29,36)(H,34,35)/t21-/m0/s1. The van der Waals surface area contributed by atoms with E-state index < -0.39 is 41.6 Å². The second-order valence-electron chi connectivity index (χ2n) is 9.78. The Hall–Kier alpha value is -4.41. The first-order valence-electron chi connectivity index (χ1n) is 12.3. The highest BCUT2D eigenvalue weighted by Crippen LogP contribution is 2.25. The van der Waals surface area contributed by atoms with E-state index in [0.717, 1.165) is 10.0 Å². The van der Waals surface area contributed by atoms with E-state index in [1.165, 1.54) is 12.1 Å². The highest BCUT2D eigenvalue weighted by molar-refractivity contribution is 6.21. The number of fused-ring (bicyclic) bond motifs is 1. The molecule has 0 aromatic heterocycles. The number of urea groups is 1. The van der Waals surface area contributed by atoms with Gasteiger partial charge in [-0.05, 0) is 57.7 Å². The van der Waals surface area contributed by atoms with Crippen molar-refractivity contribution in [1.29, 1.82) is 0 Å². The first-order chi connectivity index (χ1) is 18.0. The Morgan fingerprint density at radius 2 is 1.53 bits per heavy atom. The average molecular weight is 525 g/mol. The summed E-state index contributed by atoms with van der Waals surface area (Å²) in [6, 6.07) is 12.8. The van der Waals surface area contributed by atoms with Crippen LogP contribution in [-0.4, -0.2) is 63.2 Å². The van der Waals surface area contributed by atoms with E-state index in [0.29, 0.717) is 18.4 Å². The molecule has 0 unspecified atom stereocenters. The second-order valence-corrected chi connectivity index (χ2v) is 9.78. The zero-order valence-electron chi connectivity index (χ0n) is 21.6. The third kappa shape index (κ3) is 7.31. The van der Waals surface area contributed by atoms with E-state index in [1.807, 2.05) is 0 Å². The van der Waals surface area contributed by atoms with Gasteiger partial charge in [0, 0.05) is 6.54 Å². The number of amides is 5. The first kappa shape index (κ1) is 28.2. The molecule has 0 radical (unpaired) electrons. The van der Waals surface area contributed by atoms with E-state index in [1.54, 1.807) is 63.2 Å². The number of nitrogens with zero attached hydrogens (tertiary/aromatic N) is 2. The summed E-state index contributed by atoms with van der Waals surface area (Å²) in [6.07, 6.45) is 0.320. The van der Waals surface area contributed by atoms with Gasteiger partial charge in [-0.15, -0.1) is 0 Å². The summed E-state index contributed by atoms with van der Waals surface area (Å²) in [6.45, 7) is 5.37. The van der Waals surface area contributed by atoms with Crippen molar-refractivity contribution in [2.75, 3.05) is 6.54 Å². The molecule has 1 aliphatic heterocycles. The van der Waals surface area contributed by atoms with Gasteiger partial charge in [-0.1, -0.05) is 42.5 Å². The minimum absolute atomic E-state index is 0.0678. The Morgan fingerprint density at radius 1 is 0.947 bits per heavy atom. The quantitative estimate of drug-likeness (QED) is 0.318. The third-order valence-corrected chi connectivity index (χ3v) is 5.61. The number of hydrazine groups is 1. The Balaban J connectivity index is 1.67. The number of carbonyl (C=O) groups is 5. The zero-order valence-corrected chi connectivity index (χ0v) is 21.6. The van der Waals surface area contributed by atoms with Gasteiger partial charge < -0.3 is 20.5 Å². The fourth-order valence-corrected chi connectivity index (χ4v) is 3.84. The van der Waals surface area contributed by atoms with Crippen LogP contribution in [-0.2, 0) is 16.1 Å². The number of hydrogen-bond donors (Lipinski definition) is 3. The average Bonchev–Trinajstić information content (AvgIpc) is 3.10. The summed E-state index contributed by atoms with van der Waals surface area (Å²) in [5.74, 6) is -2.60. The summed E-state index contributed by atoms with van der Waals surface area (Å²) in [7, 11) is 0. The molecule has 3 rings (SSSR count). The number of rotatable bonds is 10. The Kier molecular flexibility index (Phi) is 9.06. The molecule has 1 heterocycles. The van der Waals surface area contributed by atoms with Gasteiger partial charge >= 0.3 is 18.1 Å². The highest BCUT2D eigenvalue weighted by Gasteiger charge is 2.42. The molecule has 1 aliphatic rings. The SMILES string of the molecule is CC(C)(C)OC(=O)NCCCC[C@H](NC(=O)N(Cc1ccccc1)N1C(=O)c2ccccc2C1=O)C(=O)O. The lowest BCUT2D eigenvalue weighted by molar-refractivity contribution is -0.139. The lowest BCUT2D eigenvalue weighted by Crippen LogP contribution is -2.55. The molecule has 2 aromatic carbocycles. The fraction of sp³-hybridized carbons (Fsp3) is 0.370. The zero-order chi connectivity index (χ0) is 27.9. The molecular weight excluding hydrogens is 492 g/mol. The van der Waals surface area contributed by atoms with Gasteiger partial charge in [0.1, 0.15) is 11.6 Å². The fourth-order valence-electron chi connectivity index (χ4n) is 3.84. The first-order valence-corrected chi connectivity index (χ1v) is 12.3. The number of ether oxygens (including phenoxy) is 1. The predicted molar refractivity (Wildman–Crippen MR) is 137 cm³/mol. The molecule has 2 aromatic rings. The van der Waals surface area contributed by atoms with Gasteiger partial charge in [-0.2, -0.15) is 5.01 Å². The summed E-state index contributed by atoms with van der Waals surface area (Å²) in [4.78, 5) is 63.1. The molecule has 11 heteroatoms. The van der Waals surface area contributed by atoms with E-state index in [4.69, 9.17) is 4.74 Å². The highest BCUT2D eigenvalue weighted by atomic mass is 16.6. The van der Waals surface area contributed by atoms with Gasteiger partial charge in [-0.25, -0.2) is 19.4 Å². The minimum Gasteiger partial charge on any atom is -0.480 e. The largest absolute Gasteiger partial charge is 0.480 e. The summed E-state index contributed by atoms with van der Waals surface area (Å²) in [5, 5.41) is 16.4. The lowest BCUT2D eigenvalue weighted by atomic mass is 10.1. The Morgan fingerprint density at radius 3 is 2.08 bits per heavy atom. The molecular formula is C27H32N4O7. The summed E-state index contributed by atoms with van der Waals surface area (Å²) < 4.78 is 5.15. The van der Waals surface area contributed by atoms with Crippen molar-refractivity contribution < 1.29 is 33.8 Å². The molecule has 0 spiro atoms. The number of nitrogens with one attached hydrogen (secondary N) is 2. The normalized spacial score (nSPS) is 13.5. The van der Waals surface area contributed by atoms with Crippen molar-refractivity contribution in [3.63, 3.8) is 0 Å². The number of carbonyl (C=O) groups excluding carboxylic acids is 4. The van der Waals surface area contributed by atoms with Crippen LogP contribution in [0.5, 0.6) is 0 Å². The van der Waals surface area contributed by atoms with Gasteiger partial charge in [-0.3, -0.25) is 9.59 Å². The van der Waals surface area contributed by atoms with Crippen LogP contribution in [0, 0.1) is 0 Å². The number of hydrogen-bond acceptors (Lipinski definition) is 6. The Labute approximate surface area is 220 Å².